The summed E-state index contributed by atoms with van der Waals surface area (Å²) in [6.45, 7) is 1.28. The van der Waals surface area contributed by atoms with E-state index in [0.717, 1.165) is 6.42 Å². The highest BCUT2D eigenvalue weighted by Crippen LogP contribution is 2.26. The second kappa shape index (κ2) is 7.88. The highest BCUT2D eigenvalue weighted by molar-refractivity contribution is 7.80. The largest absolute Gasteiger partial charge is 0.385 e. The molecular formula is C11H14ClN3O3S. The van der Waals surface area contributed by atoms with Crippen LogP contribution in [-0.4, -0.2) is 30.3 Å². The van der Waals surface area contributed by atoms with Crippen LogP contribution in [-0.2, 0) is 4.74 Å². The van der Waals surface area contributed by atoms with Crippen molar-refractivity contribution >= 4 is 40.3 Å². The van der Waals surface area contributed by atoms with E-state index in [1.54, 1.807) is 7.11 Å². The number of methoxy groups -OCH3 is 1. The van der Waals surface area contributed by atoms with E-state index in [0.29, 0.717) is 29.0 Å². The molecule has 1 aromatic carbocycles. The van der Waals surface area contributed by atoms with Crippen LogP contribution in [0.3, 0.4) is 0 Å². The first-order valence-corrected chi connectivity index (χ1v) is 6.31. The number of ether oxygens (including phenoxy) is 1. The van der Waals surface area contributed by atoms with Crippen molar-refractivity contribution in [2.75, 3.05) is 25.6 Å². The van der Waals surface area contributed by atoms with Crippen LogP contribution < -0.4 is 10.6 Å². The molecular weight excluding hydrogens is 290 g/mol. The predicted octanol–water partition coefficient (Wildman–Crippen LogP) is 2.57. The maximum absolute atomic E-state index is 10.7. The summed E-state index contributed by atoms with van der Waals surface area (Å²) in [6.07, 6.45) is 0.807. The first-order chi connectivity index (χ1) is 9.04. The van der Waals surface area contributed by atoms with Gasteiger partial charge in [-0.05, 0) is 24.7 Å². The number of rotatable bonds is 6. The number of nitrogens with one attached hydrogen (secondary N) is 2. The van der Waals surface area contributed by atoms with Gasteiger partial charge in [0.2, 0.25) is 0 Å². The third-order valence-electron chi connectivity index (χ3n) is 2.22. The SMILES string of the molecule is COCCCNC(=S)Nc1cc([N+](=O)[O-])ccc1Cl. The molecule has 0 saturated heterocycles. The molecule has 6 nitrogen and oxygen atoms in total. The quantitative estimate of drug-likeness (QED) is 0.364. The minimum atomic E-state index is -0.490. The third kappa shape index (κ3) is 5.37. The molecule has 0 unspecified atom stereocenters. The van der Waals surface area contributed by atoms with Gasteiger partial charge >= 0.3 is 0 Å². The molecule has 0 fully saturated rings. The summed E-state index contributed by atoms with van der Waals surface area (Å²) >= 11 is 11.0. The number of thiocarbonyl (C=S) groups is 1. The van der Waals surface area contributed by atoms with Gasteiger partial charge in [-0.3, -0.25) is 10.1 Å². The molecule has 19 heavy (non-hydrogen) atoms. The van der Waals surface area contributed by atoms with E-state index < -0.39 is 4.92 Å². The van der Waals surface area contributed by atoms with Crippen LogP contribution in [0.5, 0.6) is 0 Å². The molecule has 0 radical (unpaired) electrons. The van der Waals surface area contributed by atoms with Crippen molar-refractivity contribution in [2.24, 2.45) is 0 Å². The van der Waals surface area contributed by atoms with E-state index in [2.05, 4.69) is 10.6 Å². The van der Waals surface area contributed by atoms with E-state index in [1.807, 2.05) is 0 Å². The smallest absolute Gasteiger partial charge is 0.271 e. The first-order valence-electron chi connectivity index (χ1n) is 5.52. The Labute approximate surface area is 121 Å². The molecule has 2 N–H and O–H groups in total. The Morgan fingerprint density at radius 3 is 2.95 bits per heavy atom. The van der Waals surface area contributed by atoms with Gasteiger partial charge in [0.1, 0.15) is 0 Å². The molecule has 0 heterocycles. The summed E-state index contributed by atoms with van der Waals surface area (Å²) in [5, 5.41) is 17.2. The van der Waals surface area contributed by atoms with Gasteiger partial charge in [-0.2, -0.15) is 0 Å². The Bertz CT molecular complexity index is 470. The number of benzene rings is 1. The summed E-state index contributed by atoms with van der Waals surface area (Å²) in [5.74, 6) is 0. The molecule has 0 aromatic heterocycles. The van der Waals surface area contributed by atoms with E-state index in [-0.39, 0.29) is 5.69 Å². The van der Waals surface area contributed by atoms with Crippen molar-refractivity contribution in [3.8, 4) is 0 Å². The molecule has 0 bridgehead atoms. The fourth-order valence-electron chi connectivity index (χ4n) is 1.31. The molecule has 104 valence electrons. The van der Waals surface area contributed by atoms with E-state index >= 15 is 0 Å². The van der Waals surface area contributed by atoms with E-state index in [1.165, 1.54) is 18.2 Å². The van der Waals surface area contributed by atoms with Crippen LogP contribution in [0.2, 0.25) is 5.02 Å². The zero-order valence-corrected chi connectivity index (χ0v) is 11.9. The number of anilines is 1. The summed E-state index contributed by atoms with van der Waals surface area (Å²) in [5.41, 5.74) is 0.356. The summed E-state index contributed by atoms with van der Waals surface area (Å²) in [7, 11) is 1.62. The van der Waals surface area contributed by atoms with Crippen molar-refractivity contribution in [3.05, 3.63) is 33.3 Å². The number of nitro groups is 1. The zero-order chi connectivity index (χ0) is 14.3. The highest BCUT2D eigenvalue weighted by atomic mass is 35.5. The molecule has 8 heteroatoms. The lowest BCUT2D eigenvalue weighted by molar-refractivity contribution is -0.384. The number of nitro benzene ring substituents is 1. The fourth-order valence-corrected chi connectivity index (χ4v) is 1.68. The van der Waals surface area contributed by atoms with Crippen molar-refractivity contribution in [2.45, 2.75) is 6.42 Å². The Morgan fingerprint density at radius 2 is 2.32 bits per heavy atom. The second-order valence-corrected chi connectivity index (χ2v) is 4.46. The predicted molar refractivity (Wildman–Crippen MR) is 78.8 cm³/mol. The summed E-state index contributed by atoms with van der Waals surface area (Å²) in [4.78, 5) is 10.2. The fraction of sp³-hybridized carbons (Fsp3) is 0.364. The minimum Gasteiger partial charge on any atom is -0.385 e. The van der Waals surface area contributed by atoms with Crippen LogP contribution in [0.4, 0.5) is 11.4 Å². The van der Waals surface area contributed by atoms with Crippen molar-refractivity contribution in [1.82, 2.24) is 5.32 Å². The van der Waals surface area contributed by atoms with E-state index in [9.17, 15) is 10.1 Å². The maximum atomic E-state index is 10.7. The van der Waals surface area contributed by atoms with Crippen molar-refractivity contribution < 1.29 is 9.66 Å². The van der Waals surface area contributed by atoms with Gasteiger partial charge in [-0.25, -0.2) is 0 Å². The normalized spacial score (nSPS) is 10.0. The Hall–Kier alpha value is -1.44. The van der Waals surface area contributed by atoms with Gasteiger partial charge in [-0.15, -0.1) is 0 Å². The van der Waals surface area contributed by atoms with Gasteiger partial charge < -0.3 is 15.4 Å². The average molecular weight is 304 g/mol. The number of hydrogen-bond donors (Lipinski definition) is 2. The van der Waals surface area contributed by atoms with Gasteiger partial charge in [-0.1, -0.05) is 11.6 Å². The number of nitrogens with zero attached hydrogens (tertiary/aromatic N) is 1. The van der Waals surface area contributed by atoms with Crippen molar-refractivity contribution in [1.29, 1.82) is 0 Å². The topological polar surface area (TPSA) is 76.4 Å². The standard InChI is InChI=1S/C11H14ClN3O3S/c1-18-6-2-5-13-11(19)14-10-7-8(15(16)17)3-4-9(10)12/h3-4,7H,2,5-6H2,1H3,(H2,13,14,19). The van der Waals surface area contributed by atoms with Gasteiger partial charge in [0.05, 0.1) is 15.6 Å². The third-order valence-corrected chi connectivity index (χ3v) is 2.80. The van der Waals surface area contributed by atoms with E-state index in [4.69, 9.17) is 28.6 Å². The van der Waals surface area contributed by atoms with Gasteiger partial charge in [0.25, 0.3) is 5.69 Å². The molecule has 0 aliphatic rings. The second-order valence-electron chi connectivity index (χ2n) is 3.65. The number of halogens is 1. The summed E-state index contributed by atoms with van der Waals surface area (Å²) in [6, 6.07) is 4.13. The maximum Gasteiger partial charge on any atom is 0.271 e. The lowest BCUT2D eigenvalue weighted by Crippen LogP contribution is -2.29. The number of hydrogen-bond acceptors (Lipinski definition) is 4. The molecule has 1 aromatic rings. The van der Waals surface area contributed by atoms with Crippen LogP contribution >= 0.6 is 23.8 Å². The van der Waals surface area contributed by atoms with Crippen LogP contribution in [0.15, 0.2) is 18.2 Å². The molecule has 0 amide bonds. The minimum absolute atomic E-state index is 0.0471. The highest BCUT2D eigenvalue weighted by Gasteiger charge is 2.10. The molecule has 0 atom stereocenters. The van der Waals surface area contributed by atoms with Gasteiger partial charge in [0, 0.05) is 32.4 Å². The average Bonchev–Trinajstić information content (AvgIpc) is 2.37. The Kier molecular flexibility index (Phi) is 6.48. The van der Waals surface area contributed by atoms with Crippen LogP contribution in [0.1, 0.15) is 6.42 Å². The molecule has 1 rings (SSSR count). The lowest BCUT2D eigenvalue weighted by atomic mass is 10.3. The molecule has 0 saturated carbocycles. The molecule has 0 aliphatic carbocycles. The molecule has 0 spiro atoms. The number of non-ortho nitro benzene ring substituents is 1. The lowest BCUT2D eigenvalue weighted by Gasteiger charge is -2.11. The van der Waals surface area contributed by atoms with Crippen molar-refractivity contribution in [3.63, 3.8) is 0 Å². The van der Waals surface area contributed by atoms with Gasteiger partial charge in [0.15, 0.2) is 5.11 Å². The summed E-state index contributed by atoms with van der Waals surface area (Å²) < 4.78 is 4.90. The Balaban J connectivity index is 2.58. The zero-order valence-electron chi connectivity index (χ0n) is 10.3. The Morgan fingerprint density at radius 1 is 1.58 bits per heavy atom. The molecule has 0 aliphatic heterocycles. The monoisotopic (exact) mass is 303 g/mol. The van der Waals surface area contributed by atoms with Crippen LogP contribution in [0, 0.1) is 10.1 Å². The first kappa shape index (κ1) is 15.6. The van der Waals surface area contributed by atoms with Crippen LogP contribution in [0.25, 0.3) is 0 Å².